The van der Waals surface area contributed by atoms with Crippen molar-refractivity contribution in [2.24, 2.45) is 0 Å². The summed E-state index contributed by atoms with van der Waals surface area (Å²) in [6, 6.07) is 5.91. The highest BCUT2D eigenvalue weighted by Crippen LogP contribution is 2.18. The van der Waals surface area contributed by atoms with Gasteiger partial charge in [0.15, 0.2) is 5.13 Å². The number of anilines is 1. The van der Waals surface area contributed by atoms with Gasteiger partial charge in [0.2, 0.25) is 0 Å². The molecule has 0 aliphatic carbocycles. The van der Waals surface area contributed by atoms with Gasteiger partial charge in [-0.05, 0) is 26.0 Å². The molecular formula is C17H17N5O4S. The number of fused-ring (bicyclic) bond motifs is 1. The summed E-state index contributed by atoms with van der Waals surface area (Å²) in [6.07, 6.45) is 0.0331. The van der Waals surface area contributed by atoms with Gasteiger partial charge >= 0.3 is 5.97 Å². The summed E-state index contributed by atoms with van der Waals surface area (Å²) in [5.41, 5.74) is 0.573. The van der Waals surface area contributed by atoms with E-state index in [9.17, 15) is 14.4 Å². The summed E-state index contributed by atoms with van der Waals surface area (Å²) in [5, 5.41) is 12.8. The van der Waals surface area contributed by atoms with E-state index in [1.165, 1.54) is 11.3 Å². The highest BCUT2D eigenvalue weighted by Gasteiger charge is 2.20. The molecule has 1 aromatic carbocycles. The molecule has 27 heavy (non-hydrogen) atoms. The zero-order valence-electron chi connectivity index (χ0n) is 14.7. The Morgan fingerprint density at radius 1 is 1.33 bits per heavy atom. The first-order valence-electron chi connectivity index (χ1n) is 8.24. The maximum atomic E-state index is 12.5. The van der Waals surface area contributed by atoms with E-state index in [0.29, 0.717) is 28.3 Å². The number of nitrogens with zero attached hydrogens (tertiary/aromatic N) is 4. The quantitative estimate of drug-likeness (QED) is 0.638. The second kappa shape index (κ2) is 8.04. The normalized spacial score (nSPS) is 11.9. The number of nitrogens with one attached hydrogen (secondary N) is 1. The van der Waals surface area contributed by atoms with Crippen molar-refractivity contribution in [2.75, 3.05) is 11.9 Å². The fraction of sp³-hybridized carbons (Fsp3) is 0.294. The average molecular weight is 387 g/mol. The summed E-state index contributed by atoms with van der Waals surface area (Å²) >= 11 is 1.18. The number of esters is 1. The number of hydrogen-bond acceptors (Lipinski definition) is 8. The fourth-order valence-electron chi connectivity index (χ4n) is 2.38. The van der Waals surface area contributed by atoms with Crippen molar-refractivity contribution in [3.8, 4) is 0 Å². The van der Waals surface area contributed by atoms with Gasteiger partial charge in [0.05, 0.1) is 24.1 Å². The molecule has 9 nitrogen and oxygen atoms in total. The highest BCUT2D eigenvalue weighted by molar-refractivity contribution is 7.13. The Hall–Kier alpha value is -3.14. The van der Waals surface area contributed by atoms with Gasteiger partial charge in [0, 0.05) is 5.38 Å². The number of carbonyl (C=O) groups is 2. The first-order chi connectivity index (χ1) is 13.0. The molecule has 3 rings (SSSR count). The van der Waals surface area contributed by atoms with Crippen LogP contribution in [0.25, 0.3) is 10.9 Å². The Labute approximate surface area is 158 Å². The predicted molar refractivity (Wildman–Crippen MR) is 99.6 cm³/mol. The number of ether oxygens (including phenoxy) is 1. The van der Waals surface area contributed by atoms with E-state index in [1.54, 1.807) is 43.5 Å². The smallest absolute Gasteiger partial charge is 0.311 e. The molecule has 10 heteroatoms. The van der Waals surface area contributed by atoms with E-state index in [2.05, 4.69) is 20.6 Å². The SMILES string of the molecule is CCOC(=O)Cc1csc(NC(=O)C(C)n2nnc3ccccc3c2=O)n1. The van der Waals surface area contributed by atoms with Gasteiger partial charge in [-0.15, -0.1) is 16.4 Å². The number of amides is 1. The molecule has 1 amide bonds. The van der Waals surface area contributed by atoms with Gasteiger partial charge < -0.3 is 10.1 Å². The molecule has 1 N–H and O–H groups in total. The van der Waals surface area contributed by atoms with E-state index in [0.717, 1.165) is 4.68 Å². The minimum absolute atomic E-state index is 0.0331. The van der Waals surface area contributed by atoms with E-state index < -0.39 is 17.5 Å². The Balaban J connectivity index is 1.73. The van der Waals surface area contributed by atoms with Crippen molar-refractivity contribution in [1.29, 1.82) is 0 Å². The van der Waals surface area contributed by atoms with E-state index in [-0.39, 0.29) is 12.4 Å². The van der Waals surface area contributed by atoms with Crippen molar-refractivity contribution in [2.45, 2.75) is 26.3 Å². The van der Waals surface area contributed by atoms with Gasteiger partial charge in [-0.3, -0.25) is 14.4 Å². The van der Waals surface area contributed by atoms with Crippen molar-refractivity contribution in [3.63, 3.8) is 0 Å². The van der Waals surface area contributed by atoms with Gasteiger partial charge in [-0.1, -0.05) is 17.3 Å². The van der Waals surface area contributed by atoms with Crippen LogP contribution in [-0.2, 0) is 20.7 Å². The standard InChI is InChI=1S/C17H17N5O4S/c1-3-26-14(23)8-11-9-27-17(18-11)19-15(24)10(2)22-16(25)12-6-4-5-7-13(12)20-21-22/h4-7,9-10H,3,8H2,1-2H3,(H,18,19,24). The van der Waals surface area contributed by atoms with Crippen LogP contribution < -0.4 is 10.9 Å². The Bertz CT molecular complexity index is 1040. The van der Waals surface area contributed by atoms with Crippen LogP contribution >= 0.6 is 11.3 Å². The van der Waals surface area contributed by atoms with Gasteiger partial charge in [-0.2, -0.15) is 4.68 Å². The molecule has 1 unspecified atom stereocenters. The number of aromatic nitrogens is 4. The molecule has 2 heterocycles. The summed E-state index contributed by atoms with van der Waals surface area (Å²) < 4.78 is 5.90. The maximum absolute atomic E-state index is 12.5. The second-order valence-corrected chi connectivity index (χ2v) is 6.51. The molecular weight excluding hydrogens is 370 g/mol. The molecule has 0 aliphatic heterocycles. The molecule has 0 saturated heterocycles. The first-order valence-corrected chi connectivity index (χ1v) is 9.12. The van der Waals surface area contributed by atoms with Gasteiger partial charge in [0.25, 0.3) is 11.5 Å². The van der Waals surface area contributed by atoms with Crippen molar-refractivity contribution >= 4 is 39.2 Å². The topological polar surface area (TPSA) is 116 Å². The molecule has 0 aliphatic rings. The summed E-state index contributed by atoms with van der Waals surface area (Å²) in [7, 11) is 0. The van der Waals surface area contributed by atoms with Crippen LogP contribution in [0.1, 0.15) is 25.6 Å². The first kappa shape index (κ1) is 18.6. The number of carbonyl (C=O) groups excluding carboxylic acids is 2. The average Bonchev–Trinajstić information content (AvgIpc) is 3.08. The summed E-state index contributed by atoms with van der Waals surface area (Å²) in [6.45, 7) is 3.57. The van der Waals surface area contributed by atoms with Crippen molar-refractivity contribution < 1.29 is 14.3 Å². The van der Waals surface area contributed by atoms with E-state index in [4.69, 9.17) is 4.74 Å². The van der Waals surface area contributed by atoms with Crippen LogP contribution in [0.4, 0.5) is 5.13 Å². The third-order valence-corrected chi connectivity index (χ3v) is 4.56. The molecule has 0 bridgehead atoms. The minimum Gasteiger partial charge on any atom is -0.466 e. The van der Waals surface area contributed by atoms with E-state index in [1.807, 2.05) is 0 Å². The Morgan fingerprint density at radius 3 is 2.89 bits per heavy atom. The van der Waals surface area contributed by atoms with Crippen molar-refractivity contribution in [1.82, 2.24) is 20.0 Å². The lowest BCUT2D eigenvalue weighted by Gasteiger charge is -2.12. The molecule has 0 spiro atoms. The van der Waals surface area contributed by atoms with Crippen LogP contribution in [-0.4, -0.2) is 38.5 Å². The van der Waals surface area contributed by atoms with Crippen LogP contribution in [0.15, 0.2) is 34.4 Å². The summed E-state index contributed by atoms with van der Waals surface area (Å²) in [4.78, 5) is 40.7. The number of hydrogen-bond donors (Lipinski definition) is 1. The second-order valence-electron chi connectivity index (χ2n) is 5.65. The number of benzene rings is 1. The largest absolute Gasteiger partial charge is 0.466 e. The van der Waals surface area contributed by atoms with Gasteiger partial charge in [0.1, 0.15) is 11.6 Å². The fourth-order valence-corrected chi connectivity index (χ4v) is 3.09. The molecule has 0 fully saturated rings. The zero-order chi connectivity index (χ0) is 19.4. The summed E-state index contributed by atoms with van der Waals surface area (Å²) in [5.74, 6) is -0.842. The number of thiazole rings is 1. The maximum Gasteiger partial charge on any atom is 0.311 e. The minimum atomic E-state index is -0.882. The molecule has 0 radical (unpaired) electrons. The predicted octanol–water partition coefficient (Wildman–Crippen LogP) is 1.55. The lowest BCUT2D eigenvalue weighted by molar-refractivity contribution is -0.142. The molecule has 0 saturated carbocycles. The van der Waals surface area contributed by atoms with Crippen LogP contribution in [0, 0.1) is 0 Å². The third-order valence-electron chi connectivity index (χ3n) is 3.75. The zero-order valence-corrected chi connectivity index (χ0v) is 15.5. The molecule has 3 aromatic rings. The molecule has 1 atom stereocenters. The van der Waals surface area contributed by atoms with Gasteiger partial charge in [-0.25, -0.2) is 4.98 Å². The lowest BCUT2D eigenvalue weighted by atomic mass is 10.2. The highest BCUT2D eigenvalue weighted by atomic mass is 32.1. The lowest BCUT2D eigenvalue weighted by Crippen LogP contribution is -2.34. The third kappa shape index (κ3) is 4.17. The van der Waals surface area contributed by atoms with Crippen LogP contribution in [0.3, 0.4) is 0 Å². The Kier molecular flexibility index (Phi) is 5.55. The van der Waals surface area contributed by atoms with Crippen LogP contribution in [0.5, 0.6) is 0 Å². The van der Waals surface area contributed by atoms with E-state index >= 15 is 0 Å². The van der Waals surface area contributed by atoms with Crippen LogP contribution in [0.2, 0.25) is 0 Å². The Morgan fingerprint density at radius 2 is 2.11 bits per heavy atom. The number of rotatable bonds is 6. The van der Waals surface area contributed by atoms with Crippen molar-refractivity contribution in [3.05, 3.63) is 45.7 Å². The monoisotopic (exact) mass is 387 g/mol. The molecule has 2 aromatic heterocycles. The molecule has 140 valence electrons.